The van der Waals surface area contributed by atoms with Gasteiger partial charge in [0.1, 0.15) is 6.71 Å². The van der Waals surface area contributed by atoms with E-state index in [9.17, 15) is 0 Å². The van der Waals surface area contributed by atoms with Gasteiger partial charge in [0, 0.05) is 0 Å². The molecule has 0 aromatic carbocycles. The van der Waals surface area contributed by atoms with Crippen LogP contribution in [0.5, 0.6) is 0 Å². The molecule has 0 rings (SSSR count). The summed E-state index contributed by atoms with van der Waals surface area (Å²) >= 11 is 0. The van der Waals surface area contributed by atoms with E-state index in [1.54, 1.807) is 0 Å². The summed E-state index contributed by atoms with van der Waals surface area (Å²) in [5, 5.41) is 0. The van der Waals surface area contributed by atoms with Crippen LogP contribution < -0.4 is 0 Å². The van der Waals surface area contributed by atoms with Crippen molar-refractivity contribution in [3.8, 4) is 0 Å². The van der Waals surface area contributed by atoms with Gasteiger partial charge in [-0.1, -0.05) is 77.1 Å². The first kappa shape index (κ1) is 15.8. The minimum atomic E-state index is 1.02. The lowest BCUT2D eigenvalue weighted by atomic mass is 9.41. The maximum Gasteiger partial charge on any atom is 0.139 e. The Morgan fingerprint density at radius 3 is 2.00 bits per heavy atom. The number of allylic oxidation sites excluding steroid dienone is 2. The lowest BCUT2D eigenvalue weighted by Crippen LogP contribution is -2.10. The summed E-state index contributed by atoms with van der Waals surface area (Å²) in [5.74, 6) is 0. The van der Waals surface area contributed by atoms with E-state index in [0.717, 1.165) is 6.71 Å². The van der Waals surface area contributed by atoms with Gasteiger partial charge in [-0.3, -0.25) is 0 Å². The number of unbranched alkanes of at least 4 members (excludes halogenated alkanes) is 4. The quantitative estimate of drug-likeness (QED) is 0.234. The van der Waals surface area contributed by atoms with Crippen LogP contribution in [0.15, 0.2) is 12.2 Å². The molecule has 0 aromatic rings. The van der Waals surface area contributed by atoms with E-state index in [1.165, 1.54) is 63.9 Å². The average molecular weight is 222 g/mol. The molecule has 0 spiro atoms. The minimum Gasteiger partial charge on any atom is -0.0917 e. The van der Waals surface area contributed by atoms with Gasteiger partial charge >= 0.3 is 0 Å². The Morgan fingerprint density at radius 2 is 1.44 bits per heavy atom. The first-order valence-electron chi connectivity index (χ1n) is 7.46. The van der Waals surface area contributed by atoms with Crippen molar-refractivity contribution in [2.24, 2.45) is 0 Å². The molecule has 0 aliphatic heterocycles. The largest absolute Gasteiger partial charge is 0.139 e. The number of hydrogen-bond acceptors (Lipinski definition) is 0. The summed E-state index contributed by atoms with van der Waals surface area (Å²) in [6.45, 7) is 7.77. The topological polar surface area (TPSA) is 0 Å². The van der Waals surface area contributed by atoms with E-state index in [1.807, 2.05) is 0 Å². The second-order valence-corrected chi connectivity index (χ2v) is 5.00. The molecule has 0 radical (unpaired) electrons. The van der Waals surface area contributed by atoms with Gasteiger partial charge < -0.3 is 0 Å². The van der Waals surface area contributed by atoms with Crippen LogP contribution in [-0.2, 0) is 0 Å². The number of hydrogen-bond donors (Lipinski definition) is 0. The summed E-state index contributed by atoms with van der Waals surface area (Å²) in [7, 11) is 0. The van der Waals surface area contributed by atoms with Crippen LogP contribution >= 0.6 is 0 Å². The van der Waals surface area contributed by atoms with Crippen LogP contribution in [0.25, 0.3) is 0 Å². The van der Waals surface area contributed by atoms with E-state index in [0.29, 0.717) is 0 Å². The Bertz CT molecular complexity index is 146. The fourth-order valence-corrected chi connectivity index (χ4v) is 2.46. The predicted molar refractivity (Wildman–Crippen MR) is 78.7 cm³/mol. The molecule has 0 aromatic heterocycles. The summed E-state index contributed by atoms with van der Waals surface area (Å²) < 4.78 is 0. The van der Waals surface area contributed by atoms with Gasteiger partial charge in [-0.25, -0.2) is 0 Å². The van der Waals surface area contributed by atoms with Crippen LogP contribution in [0.2, 0.25) is 19.0 Å². The van der Waals surface area contributed by atoms with E-state index in [4.69, 9.17) is 0 Å². The van der Waals surface area contributed by atoms with Gasteiger partial charge in [0.15, 0.2) is 0 Å². The van der Waals surface area contributed by atoms with Crippen LogP contribution in [-0.4, -0.2) is 6.71 Å². The lowest BCUT2D eigenvalue weighted by molar-refractivity contribution is 0.670. The second-order valence-electron chi connectivity index (χ2n) is 5.00. The third-order valence-corrected chi connectivity index (χ3v) is 3.36. The molecule has 0 bridgehead atoms. The zero-order valence-corrected chi connectivity index (χ0v) is 11.8. The zero-order valence-electron chi connectivity index (χ0n) is 11.8. The maximum atomic E-state index is 2.32. The smallest absolute Gasteiger partial charge is 0.0917 e. The molecule has 0 saturated heterocycles. The third-order valence-electron chi connectivity index (χ3n) is 3.36. The van der Waals surface area contributed by atoms with Gasteiger partial charge in [0.05, 0.1) is 0 Å². The molecule has 0 aliphatic rings. The highest BCUT2D eigenvalue weighted by molar-refractivity contribution is 6.58. The molecule has 0 saturated carbocycles. The lowest BCUT2D eigenvalue weighted by Gasteiger charge is -2.10. The van der Waals surface area contributed by atoms with E-state index >= 15 is 0 Å². The van der Waals surface area contributed by atoms with Crippen LogP contribution in [0.1, 0.15) is 65.7 Å². The SMILES string of the molecule is CC=CCCCCCCB(CCC)CCC. The zero-order chi connectivity index (χ0) is 12.1. The highest BCUT2D eigenvalue weighted by atomic mass is 13.9. The Morgan fingerprint density at radius 1 is 0.812 bits per heavy atom. The van der Waals surface area contributed by atoms with E-state index in [-0.39, 0.29) is 0 Å². The summed E-state index contributed by atoms with van der Waals surface area (Å²) in [6.07, 6.45) is 18.6. The summed E-state index contributed by atoms with van der Waals surface area (Å²) in [6, 6.07) is 0. The Kier molecular flexibility index (Phi) is 12.7. The Balaban J connectivity index is 3.32. The molecule has 0 unspecified atom stereocenters. The van der Waals surface area contributed by atoms with Gasteiger partial charge in [0.25, 0.3) is 0 Å². The standard InChI is InChI=1S/C15H31B/c1-4-7-8-9-10-11-12-15-16(13-5-2)14-6-3/h4,7H,5-6,8-15H2,1-3H3. The fraction of sp³-hybridized carbons (Fsp3) is 0.867. The van der Waals surface area contributed by atoms with Crippen molar-refractivity contribution in [2.75, 3.05) is 0 Å². The van der Waals surface area contributed by atoms with Gasteiger partial charge in [-0.05, 0) is 19.8 Å². The molecule has 94 valence electrons. The molecule has 0 fully saturated rings. The normalized spacial score (nSPS) is 11.2. The van der Waals surface area contributed by atoms with E-state index in [2.05, 4.69) is 32.9 Å². The van der Waals surface area contributed by atoms with Crippen molar-refractivity contribution >= 4 is 6.71 Å². The summed E-state index contributed by atoms with van der Waals surface area (Å²) in [4.78, 5) is 0. The monoisotopic (exact) mass is 222 g/mol. The van der Waals surface area contributed by atoms with Crippen molar-refractivity contribution in [2.45, 2.75) is 84.7 Å². The van der Waals surface area contributed by atoms with E-state index < -0.39 is 0 Å². The second kappa shape index (κ2) is 12.9. The van der Waals surface area contributed by atoms with Crippen LogP contribution in [0, 0.1) is 0 Å². The van der Waals surface area contributed by atoms with Crippen LogP contribution in [0.3, 0.4) is 0 Å². The minimum absolute atomic E-state index is 1.02. The van der Waals surface area contributed by atoms with Crippen LogP contribution in [0.4, 0.5) is 0 Å². The molecule has 0 heterocycles. The fourth-order valence-electron chi connectivity index (χ4n) is 2.46. The average Bonchev–Trinajstić information content (AvgIpc) is 2.28. The van der Waals surface area contributed by atoms with Crippen molar-refractivity contribution in [1.29, 1.82) is 0 Å². The first-order chi connectivity index (χ1) is 7.85. The Labute approximate surface area is 104 Å². The molecule has 16 heavy (non-hydrogen) atoms. The molecule has 0 N–H and O–H groups in total. The molecular formula is C15H31B. The van der Waals surface area contributed by atoms with Crippen molar-refractivity contribution in [1.82, 2.24) is 0 Å². The predicted octanol–water partition coefficient (Wildman–Crippen LogP) is 5.83. The molecule has 0 nitrogen and oxygen atoms in total. The molecular weight excluding hydrogens is 191 g/mol. The van der Waals surface area contributed by atoms with Crippen molar-refractivity contribution in [3.63, 3.8) is 0 Å². The molecule has 0 aliphatic carbocycles. The third kappa shape index (κ3) is 10.3. The van der Waals surface area contributed by atoms with Gasteiger partial charge in [-0.2, -0.15) is 0 Å². The van der Waals surface area contributed by atoms with Gasteiger partial charge in [-0.15, -0.1) is 0 Å². The highest BCUT2D eigenvalue weighted by Crippen LogP contribution is 2.15. The number of rotatable bonds is 11. The summed E-state index contributed by atoms with van der Waals surface area (Å²) in [5.41, 5.74) is 0. The molecule has 0 atom stereocenters. The van der Waals surface area contributed by atoms with Gasteiger partial charge in [0.2, 0.25) is 0 Å². The van der Waals surface area contributed by atoms with Crippen molar-refractivity contribution in [3.05, 3.63) is 12.2 Å². The maximum absolute atomic E-state index is 2.32. The molecule has 0 amide bonds. The highest BCUT2D eigenvalue weighted by Gasteiger charge is 2.10. The first-order valence-corrected chi connectivity index (χ1v) is 7.46. The van der Waals surface area contributed by atoms with Crippen molar-refractivity contribution < 1.29 is 0 Å². The molecule has 1 heteroatoms. The Hall–Kier alpha value is -0.195.